The second kappa shape index (κ2) is 9.19. The van der Waals surface area contributed by atoms with Gasteiger partial charge in [0.05, 0.1) is 17.5 Å². The molecule has 0 aliphatic carbocycles. The van der Waals surface area contributed by atoms with E-state index in [1.165, 1.54) is 0 Å². The molecule has 7 heteroatoms. The van der Waals surface area contributed by atoms with Crippen LogP contribution in [0.3, 0.4) is 0 Å². The molecule has 1 aliphatic rings. The van der Waals surface area contributed by atoms with Crippen LogP contribution in [-0.4, -0.2) is 39.4 Å². The normalized spacial score (nSPS) is 16.0. The van der Waals surface area contributed by atoms with Crippen molar-refractivity contribution in [2.45, 2.75) is 25.3 Å². The number of carbonyl (C=O) groups is 2. The highest BCUT2D eigenvalue weighted by Gasteiger charge is 2.34. The van der Waals surface area contributed by atoms with Gasteiger partial charge in [-0.1, -0.05) is 6.07 Å². The minimum Gasteiger partial charge on any atom is -0.324 e. The zero-order valence-electron chi connectivity index (χ0n) is 14.8. The second-order valence-electron chi connectivity index (χ2n) is 6.23. The largest absolute Gasteiger partial charge is 0.324 e. The Balaban J connectivity index is 1.53. The third kappa shape index (κ3) is 5.08. The van der Waals surface area contributed by atoms with Crippen LogP contribution in [0.15, 0.2) is 48.7 Å². The first-order valence-electron chi connectivity index (χ1n) is 8.75. The Labute approximate surface area is 162 Å². The summed E-state index contributed by atoms with van der Waals surface area (Å²) in [5, 5.41) is 11.7. The van der Waals surface area contributed by atoms with Crippen LogP contribution in [-0.2, 0) is 16.0 Å². The van der Waals surface area contributed by atoms with Crippen LogP contribution in [0.4, 0.5) is 5.69 Å². The van der Waals surface area contributed by atoms with Crippen LogP contribution in [0.2, 0.25) is 0 Å². The third-order valence-electron chi connectivity index (χ3n) is 4.34. The average molecular weight is 380 g/mol. The van der Waals surface area contributed by atoms with Gasteiger partial charge < -0.3 is 10.2 Å². The number of anilines is 1. The number of aromatic nitrogens is 1. The first-order valence-corrected chi connectivity index (χ1v) is 9.91. The molecule has 1 fully saturated rings. The number of nitriles is 1. The Morgan fingerprint density at radius 2 is 2.07 bits per heavy atom. The first-order chi connectivity index (χ1) is 13.2. The van der Waals surface area contributed by atoms with E-state index in [1.807, 2.05) is 24.3 Å². The SMILES string of the molecule is N#Cc1ccc(NC(=O)C2CSCN2C(=O)CCCc2ccccn2)cc1. The van der Waals surface area contributed by atoms with Gasteiger partial charge in [0.15, 0.2) is 0 Å². The Morgan fingerprint density at radius 1 is 1.26 bits per heavy atom. The average Bonchev–Trinajstić information content (AvgIpc) is 3.19. The van der Waals surface area contributed by atoms with E-state index in [4.69, 9.17) is 5.26 Å². The fourth-order valence-corrected chi connectivity index (χ4v) is 4.05. The lowest BCUT2D eigenvalue weighted by molar-refractivity contribution is -0.136. The van der Waals surface area contributed by atoms with E-state index < -0.39 is 6.04 Å². The summed E-state index contributed by atoms with van der Waals surface area (Å²) in [7, 11) is 0. The summed E-state index contributed by atoms with van der Waals surface area (Å²) in [6.45, 7) is 0. The summed E-state index contributed by atoms with van der Waals surface area (Å²) in [6.07, 6.45) is 3.60. The molecule has 2 heterocycles. The van der Waals surface area contributed by atoms with Gasteiger partial charge in [0.2, 0.25) is 11.8 Å². The molecular weight excluding hydrogens is 360 g/mol. The van der Waals surface area contributed by atoms with Crippen molar-refractivity contribution < 1.29 is 9.59 Å². The number of rotatable bonds is 6. The lowest BCUT2D eigenvalue weighted by Crippen LogP contribution is -2.44. The van der Waals surface area contributed by atoms with E-state index >= 15 is 0 Å². The van der Waals surface area contributed by atoms with Crippen molar-refractivity contribution in [1.29, 1.82) is 5.26 Å². The molecule has 138 valence electrons. The van der Waals surface area contributed by atoms with Crippen LogP contribution in [0.5, 0.6) is 0 Å². The van der Waals surface area contributed by atoms with Crippen molar-refractivity contribution in [2.75, 3.05) is 16.9 Å². The van der Waals surface area contributed by atoms with Crippen LogP contribution < -0.4 is 5.32 Å². The molecule has 0 bridgehead atoms. The van der Waals surface area contributed by atoms with E-state index in [2.05, 4.69) is 10.3 Å². The monoisotopic (exact) mass is 380 g/mol. The summed E-state index contributed by atoms with van der Waals surface area (Å²) in [4.78, 5) is 31.1. The highest BCUT2D eigenvalue weighted by atomic mass is 32.2. The van der Waals surface area contributed by atoms with E-state index in [1.54, 1.807) is 47.1 Å². The fourth-order valence-electron chi connectivity index (χ4n) is 2.87. The van der Waals surface area contributed by atoms with Gasteiger partial charge in [0.1, 0.15) is 6.04 Å². The van der Waals surface area contributed by atoms with E-state index in [9.17, 15) is 9.59 Å². The molecule has 0 radical (unpaired) electrons. The van der Waals surface area contributed by atoms with E-state index in [-0.39, 0.29) is 11.8 Å². The number of benzene rings is 1. The maximum absolute atomic E-state index is 12.6. The van der Waals surface area contributed by atoms with E-state index in [0.29, 0.717) is 35.7 Å². The summed E-state index contributed by atoms with van der Waals surface area (Å²) >= 11 is 1.58. The number of hydrogen-bond donors (Lipinski definition) is 1. The van der Waals surface area contributed by atoms with Gasteiger partial charge in [-0.3, -0.25) is 14.6 Å². The van der Waals surface area contributed by atoms with Crippen molar-refractivity contribution in [3.05, 3.63) is 59.9 Å². The molecule has 2 aromatic rings. The second-order valence-corrected chi connectivity index (χ2v) is 7.23. The van der Waals surface area contributed by atoms with Gasteiger partial charge in [0.25, 0.3) is 0 Å². The van der Waals surface area contributed by atoms with Crippen molar-refractivity contribution >= 4 is 29.3 Å². The molecule has 1 aliphatic heterocycles. The van der Waals surface area contributed by atoms with Crippen LogP contribution >= 0.6 is 11.8 Å². The molecule has 6 nitrogen and oxygen atoms in total. The number of nitrogens with one attached hydrogen (secondary N) is 1. The molecule has 2 amide bonds. The van der Waals surface area contributed by atoms with Crippen molar-refractivity contribution in [2.24, 2.45) is 0 Å². The number of carbonyl (C=O) groups excluding carboxylic acids is 2. The third-order valence-corrected chi connectivity index (χ3v) is 5.35. The smallest absolute Gasteiger partial charge is 0.248 e. The molecule has 1 aromatic carbocycles. The molecule has 1 saturated heterocycles. The van der Waals surface area contributed by atoms with E-state index in [0.717, 1.165) is 12.1 Å². The Hall–Kier alpha value is -2.85. The van der Waals surface area contributed by atoms with Crippen LogP contribution in [0.25, 0.3) is 0 Å². The zero-order valence-corrected chi connectivity index (χ0v) is 15.6. The van der Waals surface area contributed by atoms with Crippen molar-refractivity contribution in [3.63, 3.8) is 0 Å². The van der Waals surface area contributed by atoms with Gasteiger partial charge in [-0.2, -0.15) is 5.26 Å². The highest BCUT2D eigenvalue weighted by molar-refractivity contribution is 7.99. The van der Waals surface area contributed by atoms with Gasteiger partial charge in [-0.15, -0.1) is 11.8 Å². The number of nitrogens with zero attached hydrogens (tertiary/aromatic N) is 3. The summed E-state index contributed by atoms with van der Waals surface area (Å²) in [5.74, 6) is 0.931. The Kier molecular flexibility index (Phi) is 6.44. The molecule has 0 spiro atoms. The number of pyridine rings is 1. The molecule has 1 N–H and O–H groups in total. The predicted octanol–water partition coefficient (Wildman–Crippen LogP) is 2.82. The summed E-state index contributed by atoms with van der Waals surface area (Å²) < 4.78 is 0. The predicted molar refractivity (Wildman–Crippen MR) is 105 cm³/mol. The topological polar surface area (TPSA) is 86.1 Å². The number of aryl methyl sites for hydroxylation is 1. The van der Waals surface area contributed by atoms with Gasteiger partial charge in [0, 0.05) is 29.8 Å². The molecule has 1 unspecified atom stereocenters. The molecule has 3 rings (SSSR count). The standard InChI is InChI=1S/C20H20N4O2S/c21-12-15-7-9-17(10-8-15)23-20(26)18-13-27-14-24(18)19(25)6-3-5-16-4-1-2-11-22-16/h1-2,4,7-11,18H,3,5-6,13-14H2,(H,23,26). The minimum absolute atomic E-state index is 0.00379. The lowest BCUT2D eigenvalue weighted by Gasteiger charge is -2.23. The quantitative estimate of drug-likeness (QED) is 0.833. The molecule has 1 atom stereocenters. The van der Waals surface area contributed by atoms with Gasteiger partial charge in [-0.25, -0.2) is 0 Å². The maximum atomic E-state index is 12.6. The summed E-state index contributed by atoms with van der Waals surface area (Å²) in [5.41, 5.74) is 2.13. The molecule has 0 saturated carbocycles. The van der Waals surface area contributed by atoms with Gasteiger partial charge in [-0.05, 0) is 49.2 Å². The van der Waals surface area contributed by atoms with Crippen molar-refractivity contribution in [1.82, 2.24) is 9.88 Å². The molecular formula is C20H20N4O2S. The summed E-state index contributed by atoms with van der Waals surface area (Å²) in [6, 6.07) is 14.0. The molecule has 27 heavy (non-hydrogen) atoms. The number of hydrogen-bond acceptors (Lipinski definition) is 5. The lowest BCUT2D eigenvalue weighted by atomic mass is 10.1. The Morgan fingerprint density at radius 3 is 2.78 bits per heavy atom. The number of amides is 2. The minimum atomic E-state index is -0.465. The van der Waals surface area contributed by atoms with Crippen LogP contribution in [0.1, 0.15) is 24.1 Å². The van der Waals surface area contributed by atoms with Gasteiger partial charge >= 0.3 is 0 Å². The molecule has 1 aromatic heterocycles. The fraction of sp³-hybridized carbons (Fsp3) is 0.300. The zero-order chi connectivity index (χ0) is 19.1. The first kappa shape index (κ1) is 18.9. The highest BCUT2D eigenvalue weighted by Crippen LogP contribution is 2.23. The van der Waals surface area contributed by atoms with Crippen LogP contribution in [0, 0.1) is 11.3 Å². The number of thioether (sulfide) groups is 1. The maximum Gasteiger partial charge on any atom is 0.248 e. The van der Waals surface area contributed by atoms with Crippen molar-refractivity contribution in [3.8, 4) is 6.07 Å². The Bertz CT molecular complexity index is 833.